The summed E-state index contributed by atoms with van der Waals surface area (Å²) in [5.74, 6) is -0.856. The predicted octanol–water partition coefficient (Wildman–Crippen LogP) is 3.05. The highest BCUT2D eigenvalue weighted by Gasteiger charge is 2.51. The van der Waals surface area contributed by atoms with Crippen LogP contribution in [0.3, 0.4) is 0 Å². The summed E-state index contributed by atoms with van der Waals surface area (Å²) in [4.78, 5) is 25.9. The third kappa shape index (κ3) is 3.13. The molecule has 1 aromatic rings. The van der Waals surface area contributed by atoms with E-state index in [2.05, 4.69) is 0 Å². The van der Waals surface area contributed by atoms with Gasteiger partial charge in [0.1, 0.15) is 5.41 Å². The second-order valence-electron chi connectivity index (χ2n) is 6.65. The number of methoxy groups -OCH3 is 1. The Labute approximate surface area is 150 Å². The Morgan fingerprint density at radius 2 is 2.12 bits per heavy atom. The lowest BCUT2D eigenvalue weighted by Gasteiger charge is -2.24. The van der Waals surface area contributed by atoms with Crippen LogP contribution >= 0.6 is 23.2 Å². The van der Waals surface area contributed by atoms with Crippen molar-refractivity contribution in [2.75, 3.05) is 26.8 Å². The molecule has 0 radical (unpaired) electrons. The highest BCUT2D eigenvalue weighted by Crippen LogP contribution is 2.50. The standard InChI is InChI=1S/C17H19Cl2NO4/c1-24-9-17(16(22)23)4-5-20(8-17)15(21)12-7-11(12)10-2-3-13(18)14(19)6-10/h2-3,6,11-12H,4-5,7-9H2,1H3,(H,22,23). The van der Waals surface area contributed by atoms with Gasteiger partial charge >= 0.3 is 5.97 Å². The van der Waals surface area contributed by atoms with Gasteiger partial charge in [-0.15, -0.1) is 0 Å². The van der Waals surface area contributed by atoms with Crippen LogP contribution in [0.1, 0.15) is 24.3 Å². The van der Waals surface area contributed by atoms with Gasteiger partial charge < -0.3 is 14.7 Å². The van der Waals surface area contributed by atoms with Crippen molar-refractivity contribution < 1.29 is 19.4 Å². The van der Waals surface area contributed by atoms with E-state index in [9.17, 15) is 14.7 Å². The molecule has 7 heteroatoms. The Hall–Kier alpha value is -1.30. The van der Waals surface area contributed by atoms with Gasteiger partial charge in [0, 0.05) is 26.1 Å². The Balaban J connectivity index is 1.66. The van der Waals surface area contributed by atoms with Gasteiger partial charge in [-0.3, -0.25) is 9.59 Å². The second kappa shape index (κ2) is 6.54. The van der Waals surface area contributed by atoms with E-state index < -0.39 is 11.4 Å². The number of benzene rings is 1. The molecule has 1 saturated heterocycles. The molecular weight excluding hydrogens is 353 g/mol. The molecule has 1 aromatic carbocycles. The fourth-order valence-corrected chi connectivity index (χ4v) is 3.81. The summed E-state index contributed by atoms with van der Waals surface area (Å²) >= 11 is 12.0. The number of nitrogens with zero attached hydrogens (tertiary/aromatic N) is 1. The third-order valence-electron chi connectivity index (χ3n) is 5.02. The smallest absolute Gasteiger partial charge is 0.313 e. The predicted molar refractivity (Wildman–Crippen MR) is 90.5 cm³/mol. The van der Waals surface area contributed by atoms with Crippen LogP contribution in [0.5, 0.6) is 0 Å². The molecule has 2 aliphatic rings. The maximum atomic E-state index is 12.7. The summed E-state index contributed by atoms with van der Waals surface area (Å²) in [6.07, 6.45) is 1.18. The zero-order valence-corrected chi connectivity index (χ0v) is 14.8. The normalized spacial score (nSPS) is 28.9. The summed E-state index contributed by atoms with van der Waals surface area (Å²) in [5.41, 5.74) is 0.0154. The van der Waals surface area contributed by atoms with E-state index in [1.165, 1.54) is 7.11 Å². The Bertz CT molecular complexity index is 681. The minimum absolute atomic E-state index is 0.0188. The van der Waals surface area contributed by atoms with Crippen LogP contribution in [0.25, 0.3) is 0 Å². The molecule has 5 nitrogen and oxygen atoms in total. The van der Waals surface area contributed by atoms with Crippen LogP contribution in [0.2, 0.25) is 10.0 Å². The van der Waals surface area contributed by atoms with Crippen molar-refractivity contribution in [3.63, 3.8) is 0 Å². The molecule has 130 valence electrons. The minimum atomic E-state index is -0.988. The summed E-state index contributed by atoms with van der Waals surface area (Å²) in [7, 11) is 1.48. The maximum Gasteiger partial charge on any atom is 0.313 e. The van der Waals surface area contributed by atoms with Gasteiger partial charge in [0.15, 0.2) is 0 Å². The molecule has 2 fully saturated rings. The molecule has 1 amide bonds. The average molecular weight is 372 g/mol. The number of hydrogen-bond acceptors (Lipinski definition) is 3. The van der Waals surface area contributed by atoms with Gasteiger partial charge in [-0.25, -0.2) is 0 Å². The quantitative estimate of drug-likeness (QED) is 0.863. The molecule has 3 unspecified atom stereocenters. The number of likely N-dealkylation sites (tertiary alicyclic amines) is 1. The van der Waals surface area contributed by atoms with Crippen molar-refractivity contribution in [2.24, 2.45) is 11.3 Å². The van der Waals surface area contributed by atoms with Crippen LogP contribution in [0, 0.1) is 11.3 Å². The van der Waals surface area contributed by atoms with Gasteiger partial charge in [-0.1, -0.05) is 29.3 Å². The SMILES string of the molecule is COCC1(C(=O)O)CCN(C(=O)C2CC2c2ccc(Cl)c(Cl)c2)C1. The van der Waals surface area contributed by atoms with Gasteiger partial charge in [-0.2, -0.15) is 0 Å². The van der Waals surface area contributed by atoms with E-state index in [1.54, 1.807) is 17.0 Å². The van der Waals surface area contributed by atoms with E-state index in [0.717, 1.165) is 12.0 Å². The molecule has 1 aliphatic carbocycles. The fourth-order valence-electron chi connectivity index (χ4n) is 3.50. The van der Waals surface area contributed by atoms with Crippen molar-refractivity contribution in [3.05, 3.63) is 33.8 Å². The number of amides is 1. The molecule has 24 heavy (non-hydrogen) atoms. The molecular formula is C17H19Cl2NO4. The first-order valence-electron chi connectivity index (χ1n) is 7.84. The number of ether oxygens (including phenoxy) is 1. The Kier molecular flexibility index (Phi) is 4.78. The number of carboxylic acids is 1. The maximum absolute atomic E-state index is 12.7. The molecule has 0 bridgehead atoms. The number of carboxylic acid groups (broad SMARTS) is 1. The molecule has 1 saturated carbocycles. The zero-order valence-electron chi connectivity index (χ0n) is 13.3. The van der Waals surface area contributed by atoms with E-state index >= 15 is 0 Å². The van der Waals surface area contributed by atoms with Gasteiger partial charge in [0.05, 0.1) is 16.7 Å². The molecule has 1 N–H and O–H groups in total. The van der Waals surface area contributed by atoms with Crippen molar-refractivity contribution in [2.45, 2.75) is 18.8 Å². The monoisotopic (exact) mass is 371 g/mol. The number of aliphatic carboxylic acids is 1. The summed E-state index contributed by atoms with van der Waals surface area (Å²) < 4.78 is 5.06. The number of rotatable bonds is 5. The lowest BCUT2D eigenvalue weighted by molar-refractivity contribution is -0.151. The number of halogens is 2. The molecule has 3 rings (SSSR count). The van der Waals surface area contributed by atoms with Gasteiger partial charge in [-0.05, 0) is 36.5 Å². The lowest BCUT2D eigenvalue weighted by Crippen LogP contribution is -2.40. The van der Waals surface area contributed by atoms with Crippen LogP contribution < -0.4 is 0 Å². The highest BCUT2D eigenvalue weighted by atomic mass is 35.5. The van der Waals surface area contributed by atoms with E-state index in [1.807, 2.05) is 6.07 Å². The van der Waals surface area contributed by atoms with Crippen LogP contribution in [0.15, 0.2) is 18.2 Å². The lowest BCUT2D eigenvalue weighted by atomic mass is 9.88. The van der Waals surface area contributed by atoms with Crippen LogP contribution in [-0.4, -0.2) is 48.7 Å². The largest absolute Gasteiger partial charge is 0.481 e. The average Bonchev–Trinajstić information content (AvgIpc) is 3.22. The third-order valence-corrected chi connectivity index (χ3v) is 5.76. The summed E-state index contributed by atoms with van der Waals surface area (Å²) in [5, 5.41) is 10.5. The van der Waals surface area contributed by atoms with Crippen molar-refractivity contribution in [1.29, 1.82) is 0 Å². The van der Waals surface area contributed by atoms with Crippen molar-refractivity contribution in [3.8, 4) is 0 Å². The first-order valence-corrected chi connectivity index (χ1v) is 8.59. The Morgan fingerprint density at radius 1 is 1.38 bits per heavy atom. The van der Waals surface area contributed by atoms with E-state index in [-0.39, 0.29) is 30.9 Å². The number of carbonyl (C=O) groups excluding carboxylic acids is 1. The summed E-state index contributed by atoms with van der Waals surface area (Å²) in [6.45, 7) is 0.783. The van der Waals surface area contributed by atoms with Crippen LogP contribution in [-0.2, 0) is 14.3 Å². The summed E-state index contributed by atoms with van der Waals surface area (Å²) in [6, 6.07) is 5.43. The fraction of sp³-hybridized carbons (Fsp3) is 0.529. The van der Waals surface area contributed by atoms with E-state index in [0.29, 0.717) is 23.0 Å². The van der Waals surface area contributed by atoms with Gasteiger partial charge in [0.2, 0.25) is 5.91 Å². The first kappa shape index (κ1) is 17.5. The van der Waals surface area contributed by atoms with Crippen molar-refractivity contribution >= 4 is 35.1 Å². The second-order valence-corrected chi connectivity index (χ2v) is 7.46. The molecule has 0 spiro atoms. The molecule has 0 aromatic heterocycles. The van der Waals surface area contributed by atoms with Crippen LogP contribution in [0.4, 0.5) is 0 Å². The zero-order chi connectivity index (χ0) is 17.5. The van der Waals surface area contributed by atoms with Crippen molar-refractivity contribution in [1.82, 2.24) is 4.90 Å². The highest BCUT2D eigenvalue weighted by molar-refractivity contribution is 6.42. The first-order chi connectivity index (χ1) is 11.4. The molecule has 1 aliphatic heterocycles. The topological polar surface area (TPSA) is 66.8 Å². The minimum Gasteiger partial charge on any atom is -0.481 e. The number of carbonyl (C=O) groups is 2. The Morgan fingerprint density at radius 3 is 2.75 bits per heavy atom. The molecule has 3 atom stereocenters. The van der Waals surface area contributed by atoms with E-state index in [4.69, 9.17) is 27.9 Å². The number of hydrogen-bond donors (Lipinski definition) is 1. The molecule has 1 heterocycles. The van der Waals surface area contributed by atoms with Gasteiger partial charge in [0.25, 0.3) is 0 Å².